The predicted octanol–water partition coefficient (Wildman–Crippen LogP) is 3.60. The van der Waals surface area contributed by atoms with E-state index >= 15 is 0 Å². The molecule has 1 aliphatic carbocycles. The first-order chi connectivity index (χ1) is 14.8. The summed E-state index contributed by atoms with van der Waals surface area (Å²) < 4.78 is 44.2. The van der Waals surface area contributed by atoms with Gasteiger partial charge < -0.3 is 14.4 Å². The van der Waals surface area contributed by atoms with Gasteiger partial charge in [-0.15, -0.1) is 0 Å². The average Bonchev–Trinajstić information content (AvgIpc) is 3.28. The number of halogens is 3. The smallest absolute Gasteiger partial charge is 0.348 e. The van der Waals surface area contributed by atoms with Gasteiger partial charge in [-0.25, -0.2) is 0 Å². The van der Waals surface area contributed by atoms with Crippen molar-refractivity contribution in [2.75, 3.05) is 0 Å². The largest absolute Gasteiger partial charge is 0.471 e. The standard InChI is InChI=1S/C20H15F3N6O2/c1-29-15(18(30)26-12-2-3-12)8-11-7-14(25-9-16(11)29)13-6-10(4-5-24-13)17-27-19(31-28-17)20(21,22)23/h4-9,12H,2-3H2,1H3,(H,26,30). The van der Waals surface area contributed by atoms with E-state index in [-0.39, 0.29) is 17.8 Å². The molecular formula is C20H15F3N6O2. The van der Waals surface area contributed by atoms with Crippen LogP contribution in [-0.2, 0) is 13.2 Å². The van der Waals surface area contributed by atoms with Crippen molar-refractivity contribution < 1.29 is 22.5 Å². The molecule has 1 amide bonds. The zero-order valence-electron chi connectivity index (χ0n) is 16.1. The highest BCUT2D eigenvalue weighted by molar-refractivity contribution is 5.99. The minimum Gasteiger partial charge on any atom is -0.348 e. The number of aryl methyl sites for hydroxylation is 1. The zero-order valence-corrected chi connectivity index (χ0v) is 16.1. The molecule has 0 unspecified atom stereocenters. The number of aromatic nitrogens is 5. The summed E-state index contributed by atoms with van der Waals surface area (Å²) in [7, 11) is 1.79. The van der Waals surface area contributed by atoms with Crippen LogP contribution in [0.2, 0.25) is 0 Å². The number of hydrogen-bond acceptors (Lipinski definition) is 6. The molecule has 4 heterocycles. The van der Waals surface area contributed by atoms with E-state index in [1.165, 1.54) is 18.3 Å². The Kier molecular flexibility index (Phi) is 4.27. The molecule has 1 N–H and O–H groups in total. The van der Waals surface area contributed by atoms with Crippen molar-refractivity contribution in [3.8, 4) is 22.8 Å². The van der Waals surface area contributed by atoms with E-state index in [4.69, 9.17) is 0 Å². The lowest BCUT2D eigenvalue weighted by Crippen LogP contribution is -2.27. The lowest BCUT2D eigenvalue weighted by atomic mass is 10.1. The van der Waals surface area contributed by atoms with Crippen LogP contribution in [0, 0.1) is 0 Å². The normalized spacial score (nSPS) is 14.2. The molecule has 158 valence electrons. The molecule has 11 heteroatoms. The summed E-state index contributed by atoms with van der Waals surface area (Å²) in [4.78, 5) is 24.5. The third-order valence-corrected chi connectivity index (χ3v) is 5.02. The number of rotatable bonds is 4. The summed E-state index contributed by atoms with van der Waals surface area (Å²) in [5, 5.41) is 7.15. The number of hydrogen-bond donors (Lipinski definition) is 1. The fourth-order valence-corrected chi connectivity index (χ4v) is 3.24. The molecule has 1 saturated carbocycles. The van der Waals surface area contributed by atoms with Gasteiger partial charge in [-0.2, -0.15) is 18.2 Å². The first-order valence-corrected chi connectivity index (χ1v) is 9.43. The summed E-state index contributed by atoms with van der Waals surface area (Å²) in [6.07, 6.45) is 0.329. The van der Waals surface area contributed by atoms with Crippen molar-refractivity contribution in [3.63, 3.8) is 0 Å². The van der Waals surface area contributed by atoms with Gasteiger partial charge in [0, 0.05) is 30.2 Å². The quantitative estimate of drug-likeness (QED) is 0.533. The highest BCUT2D eigenvalue weighted by Crippen LogP contribution is 2.30. The van der Waals surface area contributed by atoms with Gasteiger partial charge in [0.05, 0.1) is 23.1 Å². The molecule has 4 aromatic rings. The van der Waals surface area contributed by atoms with Crippen molar-refractivity contribution in [3.05, 3.63) is 48.2 Å². The molecule has 0 atom stereocenters. The van der Waals surface area contributed by atoms with Crippen molar-refractivity contribution in [2.45, 2.75) is 25.1 Å². The van der Waals surface area contributed by atoms with Crippen LogP contribution in [0.1, 0.15) is 29.2 Å². The first-order valence-electron chi connectivity index (χ1n) is 9.43. The molecule has 0 saturated heterocycles. The van der Waals surface area contributed by atoms with Gasteiger partial charge in [0.2, 0.25) is 5.82 Å². The second kappa shape index (κ2) is 6.89. The Morgan fingerprint density at radius 1 is 1.19 bits per heavy atom. The van der Waals surface area contributed by atoms with E-state index in [1.54, 1.807) is 29.9 Å². The molecule has 4 aromatic heterocycles. The second-order valence-corrected chi connectivity index (χ2v) is 7.32. The van der Waals surface area contributed by atoms with Gasteiger partial charge in [-0.3, -0.25) is 14.8 Å². The fraction of sp³-hybridized carbons (Fsp3) is 0.250. The Morgan fingerprint density at radius 3 is 2.68 bits per heavy atom. The third kappa shape index (κ3) is 3.62. The summed E-state index contributed by atoms with van der Waals surface area (Å²) in [6.45, 7) is 0. The Morgan fingerprint density at radius 2 is 1.97 bits per heavy atom. The van der Waals surface area contributed by atoms with Crippen molar-refractivity contribution in [2.24, 2.45) is 7.05 Å². The molecule has 0 spiro atoms. The number of pyridine rings is 2. The van der Waals surface area contributed by atoms with Crippen LogP contribution < -0.4 is 5.32 Å². The van der Waals surface area contributed by atoms with E-state index < -0.39 is 12.1 Å². The van der Waals surface area contributed by atoms with Crippen molar-refractivity contribution >= 4 is 16.8 Å². The van der Waals surface area contributed by atoms with Crippen LogP contribution >= 0.6 is 0 Å². The number of carbonyl (C=O) groups is 1. The van der Waals surface area contributed by atoms with Gasteiger partial charge in [0.1, 0.15) is 5.69 Å². The number of nitrogens with one attached hydrogen (secondary N) is 1. The number of carbonyl (C=O) groups excluding carboxylic acids is 1. The monoisotopic (exact) mass is 428 g/mol. The number of amides is 1. The van der Waals surface area contributed by atoms with E-state index in [2.05, 4.69) is 29.9 Å². The van der Waals surface area contributed by atoms with Crippen LogP contribution in [0.3, 0.4) is 0 Å². The Hall–Kier alpha value is -3.76. The number of fused-ring (bicyclic) bond motifs is 1. The molecule has 5 rings (SSSR count). The van der Waals surface area contributed by atoms with Crippen LogP contribution in [0.4, 0.5) is 13.2 Å². The Bertz CT molecular complexity index is 1310. The van der Waals surface area contributed by atoms with E-state index in [1.807, 2.05) is 0 Å². The van der Waals surface area contributed by atoms with Gasteiger partial charge in [0.25, 0.3) is 5.91 Å². The summed E-state index contributed by atoms with van der Waals surface area (Å²) >= 11 is 0. The molecule has 0 radical (unpaired) electrons. The predicted molar refractivity (Wildman–Crippen MR) is 103 cm³/mol. The van der Waals surface area contributed by atoms with Crippen LogP contribution in [0.25, 0.3) is 33.7 Å². The lowest BCUT2D eigenvalue weighted by molar-refractivity contribution is -0.159. The Labute approximate surface area is 173 Å². The SMILES string of the molecule is Cn1c(C(=O)NC2CC2)cc2cc(-c3cc(-c4noc(C(F)(F)F)n4)ccn3)ncc21. The van der Waals surface area contributed by atoms with Crippen LogP contribution in [0.5, 0.6) is 0 Å². The highest BCUT2D eigenvalue weighted by Gasteiger charge is 2.38. The van der Waals surface area contributed by atoms with E-state index in [0.717, 1.165) is 23.7 Å². The summed E-state index contributed by atoms with van der Waals surface area (Å²) in [6, 6.07) is 6.80. The maximum atomic E-state index is 12.7. The molecule has 1 aliphatic rings. The lowest BCUT2D eigenvalue weighted by Gasteiger charge is -2.05. The van der Waals surface area contributed by atoms with Crippen LogP contribution in [0.15, 0.2) is 41.2 Å². The highest BCUT2D eigenvalue weighted by atomic mass is 19.4. The zero-order chi connectivity index (χ0) is 21.8. The summed E-state index contributed by atoms with van der Waals surface area (Å²) in [5.74, 6) is -1.75. The minimum atomic E-state index is -4.72. The second-order valence-electron chi connectivity index (χ2n) is 7.32. The van der Waals surface area contributed by atoms with Gasteiger partial charge in [-0.1, -0.05) is 5.16 Å². The molecule has 0 aromatic carbocycles. The molecule has 0 aliphatic heterocycles. The Balaban J connectivity index is 1.48. The van der Waals surface area contributed by atoms with Gasteiger partial charge in [-0.05, 0) is 37.1 Å². The summed E-state index contributed by atoms with van der Waals surface area (Å²) in [5.41, 5.74) is 2.52. The molecular weight excluding hydrogens is 413 g/mol. The fourth-order valence-electron chi connectivity index (χ4n) is 3.24. The molecule has 8 nitrogen and oxygen atoms in total. The molecule has 0 bridgehead atoms. The topological polar surface area (TPSA) is 98.7 Å². The van der Waals surface area contributed by atoms with E-state index in [0.29, 0.717) is 22.6 Å². The number of nitrogens with zero attached hydrogens (tertiary/aromatic N) is 5. The first kappa shape index (κ1) is 19.2. The number of alkyl halides is 3. The van der Waals surface area contributed by atoms with Gasteiger partial charge in [0.15, 0.2) is 0 Å². The molecule has 1 fully saturated rings. The maximum absolute atomic E-state index is 12.7. The average molecular weight is 428 g/mol. The van der Waals surface area contributed by atoms with Gasteiger partial charge >= 0.3 is 12.1 Å². The van der Waals surface area contributed by atoms with E-state index in [9.17, 15) is 18.0 Å². The van der Waals surface area contributed by atoms with Crippen molar-refractivity contribution in [1.82, 2.24) is 30.0 Å². The maximum Gasteiger partial charge on any atom is 0.471 e. The third-order valence-electron chi connectivity index (χ3n) is 5.02. The minimum absolute atomic E-state index is 0.138. The molecule has 31 heavy (non-hydrogen) atoms. The van der Waals surface area contributed by atoms with Crippen molar-refractivity contribution in [1.29, 1.82) is 0 Å². The van der Waals surface area contributed by atoms with Crippen LogP contribution in [-0.4, -0.2) is 36.6 Å².